The van der Waals surface area contributed by atoms with Crippen LogP contribution < -0.4 is 5.32 Å². The zero-order chi connectivity index (χ0) is 12.0. The highest BCUT2D eigenvalue weighted by Crippen LogP contribution is 2.17. The van der Waals surface area contributed by atoms with Crippen LogP contribution in [0, 0.1) is 0 Å². The first-order valence-electron chi connectivity index (χ1n) is 4.99. The zero-order valence-electron chi connectivity index (χ0n) is 8.93. The van der Waals surface area contributed by atoms with Gasteiger partial charge in [0.1, 0.15) is 0 Å². The van der Waals surface area contributed by atoms with E-state index < -0.39 is 6.36 Å². The van der Waals surface area contributed by atoms with Crippen LogP contribution in [0.5, 0.6) is 0 Å². The lowest BCUT2D eigenvalue weighted by Gasteiger charge is -2.08. The van der Waals surface area contributed by atoms with E-state index in [9.17, 15) is 13.2 Å². The molecule has 0 saturated heterocycles. The molecule has 0 saturated carbocycles. The summed E-state index contributed by atoms with van der Waals surface area (Å²) in [5, 5.41) is 4.91. The van der Waals surface area contributed by atoms with Crippen LogP contribution in [0.4, 0.5) is 13.2 Å². The maximum atomic E-state index is 11.6. The molecule has 0 aliphatic rings. The van der Waals surface area contributed by atoms with Gasteiger partial charge in [0.05, 0.1) is 6.61 Å². The topological polar surface area (TPSA) is 21.3 Å². The summed E-state index contributed by atoms with van der Waals surface area (Å²) in [6.07, 6.45) is -3.58. The van der Waals surface area contributed by atoms with Crippen molar-refractivity contribution >= 4 is 11.3 Å². The third-order valence-electron chi connectivity index (χ3n) is 2.05. The van der Waals surface area contributed by atoms with Crippen LogP contribution >= 0.6 is 11.3 Å². The molecule has 0 radical (unpaired) electrons. The number of alkyl halides is 3. The highest BCUT2D eigenvalue weighted by atomic mass is 32.1. The van der Waals surface area contributed by atoms with Crippen molar-refractivity contribution in [2.75, 3.05) is 13.2 Å². The Morgan fingerprint density at radius 3 is 2.81 bits per heavy atom. The van der Waals surface area contributed by atoms with E-state index in [4.69, 9.17) is 0 Å². The quantitative estimate of drug-likeness (QED) is 0.787. The van der Waals surface area contributed by atoms with Gasteiger partial charge in [0.25, 0.3) is 0 Å². The molecular formula is C10H14F3NOS. The molecule has 0 fully saturated rings. The largest absolute Gasteiger partial charge is 0.522 e. The highest BCUT2D eigenvalue weighted by Gasteiger charge is 2.28. The standard InChI is InChI=1S/C10H14F3NOS/c1-2-8-3-6-16-9(8)7-14-4-5-15-10(11,12)13/h3,6,14H,2,4-5,7H2,1H3. The fourth-order valence-corrected chi connectivity index (χ4v) is 2.22. The minimum atomic E-state index is -4.53. The molecule has 0 unspecified atom stereocenters. The molecule has 0 aliphatic carbocycles. The smallest absolute Gasteiger partial charge is 0.310 e. The number of rotatable bonds is 6. The minimum absolute atomic E-state index is 0.195. The van der Waals surface area contributed by atoms with Crippen LogP contribution in [0.1, 0.15) is 17.4 Å². The predicted octanol–water partition coefficient (Wildman–Crippen LogP) is 2.94. The molecule has 0 spiro atoms. The zero-order valence-corrected chi connectivity index (χ0v) is 9.75. The monoisotopic (exact) mass is 253 g/mol. The molecule has 92 valence electrons. The normalized spacial score (nSPS) is 12.0. The predicted molar refractivity (Wildman–Crippen MR) is 57.4 cm³/mol. The molecule has 0 amide bonds. The average Bonchev–Trinajstić information content (AvgIpc) is 2.63. The van der Waals surface area contributed by atoms with Crippen LogP contribution in [0.15, 0.2) is 11.4 Å². The van der Waals surface area contributed by atoms with Crippen molar-refractivity contribution in [2.24, 2.45) is 0 Å². The second-order valence-electron chi connectivity index (χ2n) is 3.19. The number of ether oxygens (including phenoxy) is 1. The Kier molecular flexibility index (Phi) is 5.24. The third kappa shape index (κ3) is 4.96. The Morgan fingerprint density at radius 2 is 2.19 bits per heavy atom. The summed E-state index contributed by atoms with van der Waals surface area (Å²) in [5.41, 5.74) is 1.24. The lowest BCUT2D eigenvalue weighted by atomic mass is 10.2. The molecule has 1 rings (SSSR count). The van der Waals surface area contributed by atoms with Crippen molar-refractivity contribution in [2.45, 2.75) is 26.3 Å². The molecular weight excluding hydrogens is 239 g/mol. The molecule has 2 nitrogen and oxygen atoms in total. The van der Waals surface area contributed by atoms with E-state index in [1.54, 1.807) is 11.3 Å². The molecule has 0 atom stereocenters. The summed E-state index contributed by atoms with van der Waals surface area (Å²) < 4.78 is 38.5. The Labute approximate surface area is 96.4 Å². The first-order valence-corrected chi connectivity index (χ1v) is 5.87. The Bertz CT molecular complexity index is 311. The molecule has 1 N–H and O–H groups in total. The van der Waals surface area contributed by atoms with Crippen molar-refractivity contribution < 1.29 is 17.9 Å². The van der Waals surface area contributed by atoms with E-state index in [0.29, 0.717) is 6.54 Å². The van der Waals surface area contributed by atoms with Crippen LogP contribution in [0.2, 0.25) is 0 Å². The summed E-state index contributed by atoms with van der Waals surface area (Å²) in [6.45, 7) is 2.50. The number of thiophene rings is 1. The van der Waals surface area contributed by atoms with Crippen LogP contribution in [0.25, 0.3) is 0 Å². The second-order valence-corrected chi connectivity index (χ2v) is 4.19. The maximum Gasteiger partial charge on any atom is 0.522 e. The molecule has 6 heteroatoms. The van der Waals surface area contributed by atoms with E-state index in [-0.39, 0.29) is 13.2 Å². The molecule has 0 bridgehead atoms. The van der Waals surface area contributed by atoms with E-state index in [1.165, 1.54) is 10.4 Å². The fourth-order valence-electron chi connectivity index (χ4n) is 1.28. The minimum Gasteiger partial charge on any atom is -0.310 e. The number of nitrogens with one attached hydrogen (secondary N) is 1. The Balaban J connectivity index is 2.16. The van der Waals surface area contributed by atoms with Crippen molar-refractivity contribution in [1.82, 2.24) is 5.32 Å². The Morgan fingerprint density at radius 1 is 1.44 bits per heavy atom. The Hall–Kier alpha value is -0.590. The average molecular weight is 253 g/mol. The molecule has 1 heterocycles. The molecule has 1 aromatic heterocycles. The number of aryl methyl sites for hydroxylation is 1. The van der Waals surface area contributed by atoms with Crippen molar-refractivity contribution in [3.63, 3.8) is 0 Å². The van der Waals surface area contributed by atoms with Gasteiger partial charge in [0, 0.05) is 18.0 Å². The van der Waals surface area contributed by atoms with Gasteiger partial charge >= 0.3 is 6.36 Å². The molecule has 1 aromatic rings. The van der Waals surface area contributed by atoms with Gasteiger partial charge in [0.15, 0.2) is 0 Å². The van der Waals surface area contributed by atoms with Crippen LogP contribution in [-0.2, 0) is 17.7 Å². The third-order valence-corrected chi connectivity index (χ3v) is 3.01. The lowest BCUT2D eigenvalue weighted by Crippen LogP contribution is -2.23. The summed E-state index contributed by atoms with van der Waals surface area (Å²) in [4.78, 5) is 1.18. The van der Waals surface area contributed by atoms with Crippen molar-refractivity contribution in [1.29, 1.82) is 0 Å². The van der Waals surface area contributed by atoms with Gasteiger partial charge in [-0.25, -0.2) is 0 Å². The van der Waals surface area contributed by atoms with Gasteiger partial charge in [-0.3, -0.25) is 4.74 Å². The van der Waals surface area contributed by atoms with Gasteiger partial charge in [0.2, 0.25) is 0 Å². The highest BCUT2D eigenvalue weighted by molar-refractivity contribution is 7.10. The van der Waals surface area contributed by atoms with Gasteiger partial charge in [-0.05, 0) is 23.4 Å². The summed E-state index contributed by atoms with van der Waals surface area (Å²) in [5.74, 6) is 0. The van der Waals surface area contributed by atoms with Gasteiger partial charge in [-0.1, -0.05) is 6.92 Å². The van der Waals surface area contributed by atoms with E-state index in [2.05, 4.69) is 17.0 Å². The second kappa shape index (κ2) is 6.22. The lowest BCUT2D eigenvalue weighted by molar-refractivity contribution is -0.323. The van der Waals surface area contributed by atoms with Gasteiger partial charge < -0.3 is 5.32 Å². The summed E-state index contributed by atoms with van der Waals surface area (Å²) in [7, 11) is 0. The summed E-state index contributed by atoms with van der Waals surface area (Å²) in [6, 6.07) is 2.04. The van der Waals surface area contributed by atoms with Crippen molar-refractivity contribution in [3.8, 4) is 0 Å². The molecule has 0 aromatic carbocycles. The molecule has 16 heavy (non-hydrogen) atoms. The van der Waals surface area contributed by atoms with Gasteiger partial charge in [-0.2, -0.15) is 0 Å². The number of halogens is 3. The van der Waals surface area contributed by atoms with E-state index in [0.717, 1.165) is 6.42 Å². The van der Waals surface area contributed by atoms with E-state index >= 15 is 0 Å². The summed E-state index contributed by atoms with van der Waals surface area (Å²) >= 11 is 1.61. The molecule has 0 aliphatic heterocycles. The maximum absolute atomic E-state index is 11.6. The van der Waals surface area contributed by atoms with E-state index in [1.807, 2.05) is 11.4 Å². The van der Waals surface area contributed by atoms with Crippen LogP contribution in [-0.4, -0.2) is 19.5 Å². The first kappa shape index (κ1) is 13.5. The van der Waals surface area contributed by atoms with Gasteiger partial charge in [-0.15, -0.1) is 24.5 Å². The number of hydrogen-bond acceptors (Lipinski definition) is 3. The number of hydrogen-bond donors (Lipinski definition) is 1. The van der Waals surface area contributed by atoms with Crippen molar-refractivity contribution in [3.05, 3.63) is 21.9 Å². The van der Waals surface area contributed by atoms with Crippen LogP contribution in [0.3, 0.4) is 0 Å². The SMILES string of the molecule is CCc1ccsc1CNCCOC(F)(F)F. The fraction of sp³-hybridized carbons (Fsp3) is 0.600. The first-order chi connectivity index (χ1) is 7.53.